The molecule has 0 radical (unpaired) electrons. The zero-order valence-electron chi connectivity index (χ0n) is 18.7. The van der Waals surface area contributed by atoms with Crippen molar-refractivity contribution in [1.29, 1.82) is 0 Å². The van der Waals surface area contributed by atoms with E-state index in [2.05, 4.69) is 0 Å². The number of benzene rings is 4. The summed E-state index contributed by atoms with van der Waals surface area (Å²) in [5.74, 6) is -0.0116. The topological polar surface area (TPSA) is 9.23 Å². The number of alkyl halides is 6. The highest BCUT2D eigenvalue weighted by Gasteiger charge is 2.33. The molecule has 204 valence electrons. The second-order valence-electron chi connectivity index (χ2n) is 7.96. The van der Waals surface area contributed by atoms with Gasteiger partial charge in [-0.1, -0.05) is 81.7 Å². The van der Waals surface area contributed by atoms with Crippen LogP contribution in [-0.2, 0) is 12.4 Å². The van der Waals surface area contributed by atoms with Crippen LogP contribution in [0, 0.1) is 0 Å². The minimum Gasteiger partial charge on any atom is -0.456 e. The maximum absolute atomic E-state index is 13.2. The lowest BCUT2D eigenvalue weighted by Gasteiger charge is -2.19. The first-order valence-electron chi connectivity index (χ1n) is 10.5. The van der Waals surface area contributed by atoms with Crippen LogP contribution in [0.25, 0.3) is 22.3 Å². The Labute approximate surface area is 247 Å². The average molecular weight is 665 g/mol. The number of rotatable bonds is 4. The highest BCUT2D eigenvalue weighted by Crippen LogP contribution is 2.50. The van der Waals surface area contributed by atoms with Crippen LogP contribution in [0.15, 0.2) is 60.7 Å². The van der Waals surface area contributed by atoms with E-state index >= 15 is 0 Å². The Morgan fingerprint density at radius 2 is 0.821 bits per heavy atom. The van der Waals surface area contributed by atoms with E-state index in [1.807, 2.05) is 0 Å². The zero-order valence-corrected chi connectivity index (χ0v) is 23.3. The third-order valence-corrected chi connectivity index (χ3v) is 7.70. The predicted molar refractivity (Wildman–Crippen MR) is 144 cm³/mol. The number of hydrogen-bond acceptors (Lipinski definition) is 1. The van der Waals surface area contributed by atoms with Gasteiger partial charge < -0.3 is 4.74 Å². The molecule has 0 N–H and O–H groups in total. The van der Waals surface area contributed by atoms with Gasteiger partial charge in [0.1, 0.15) is 11.5 Å². The van der Waals surface area contributed by atoms with Crippen molar-refractivity contribution in [3.05, 3.63) is 102 Å². The van der Waals surface area contributed by atoms with Crippen LogP contribution in [0.1, 0.15) is 11.1 Å². The molecule has 0 spiro atoms. The second kappa shape index (κ2) is 11.1. The van der Waals surface area contributed by atoms with Crippen molar-refractivity contribution in [3.63, 3.8) is 0 Å². The van der Waals surface area contributed by atoms with Crippen LogP contribution in [0.5, 0.6) is 11.5 Å². The van der Waals surface area contributed by atoms with E-state index in [4.69, 9.17) is 74.3 Å². The molecule has 0 saturated carbocycles. The highest BCUT2D eigenvalue weighted by molar-refractivity contribution is 6.45. The fourth-order valence-electron chi connectivity index (χ4n) is 3.64. The molecule has 0 aliphatic heterocycles. The van der Waals surface area contributed by atoms with E-state index in [1.165, 1.54) is 24.3 Å². The molecule has 39 heavy (non-hydrogen) atoms. The second-order valence-corrected chi connectivity index (χ2v) is 10.3. The van der Waals surface area contributed by atoms with Crippen LogP contribution in [0.2, 0.25) is 30.1 Å². The molecule has 0 amide bonds. The van der Waals surface area contributed by atoms with Crippen molar-refractivity contribution in [3.8, 4) is 33.8 Å². The summed E-state index contributed by atoms with van der Waals surface area (Å²) in [5, 5.41) is -0.641. The molecule has 0 aromatic heterocycles. The van der Waals surface area contributed by atoms with E-state index < -0.39 is 23.5 Å². The van der Waals surface area contributed by atoms with Gasteiger partial charge >= 0.3 is 12.4 Å². The lowest BCUT2D eigenvalue weighted by Crippen LogP contribution is -2.05. The van der Waals surface area contributed by atoms with Crippen LogP contribution in [0.4, 0.5) is 26.3 Å². The predicted octanol–water partition coefficient (Wildman–Crippen LogP) is 12.8. The summed E-state index contributed by atoms with van der Waals surface area (Å²) >= 11 is 37.6. The Kier molecular flexibility index (Phi) is 8.54. The number of ether oxygens (including phenoxy) is 1. The molecule has 0 unspecified atom stereocenters. The summed E-state index contributed by atoms with van der Waals surface area (Å²) in [6, 6.07) is 10.8. The fraction of sp³-hybridized carbons (Fsp3) is 0.0769. The minimum atomic E-state index is -4.64. The summed E-state index contributed by atoms with van der Waals surface area (Å²) in [6.07, 6.45) is -9.29. The van der Waals surface area contributed by atoms with Crippen molar-refractivity contribution in [2.45, 2.75) is 12.4 Å². The lowest BCUT2D eigenvalue weighted by atomic mass is 10.0. The van der Waals surface area contributed by atoms with E-state index in [1.54, 1.807) is 0 Å². The molecule has 4 aromatic rings. The van der Waals surface area contributed by atoms with Crippen LogP contribution < -0.4 is 4.74 Å². The Bertz CT molecular complexity index is 1470. The first-order chi connectivity index (χ1) is 18.1. The van der Waals surface area contributed by atoms with E-state index in [0.717, 1.165) is 36.4 Å². The van der Waals surface area contributed by atoms with Crippen LogP contribution in [0.3, 0.4) is 0 Å². The molecule has 0 bridgehead atoms. The maximum atomic E-state index is 13.2. The van der Waals surface area contributed by atoms with Gasteiger partial charge in [-0.05, 0) is 48.5 Å². The molecular weight excluding hydrogens is 655 g/mol. The SMILES string of the molecule is FC(F)(F)c1ccc(-c2c(Oc3ccc(Cl)c(Cl)c3-c3ccc(C(F)(F)F)cc3Cl)ccc(Cl)c2Cl)c(Cl)c1. The van der Waals surface area contributed by atoms with Crippen molar-refractivity contribution in [1.82, 2.24) is 0 Å². The molecule has 1 nitrogen and oxygen atoms in total. The van der Waals surface area contributed by atoms with E-state index in [-0.39, 0.29) is 63.9 Å². The summed E-state index contributed by atoms with van der Waals surface area (Å²) in [6.45, 7) is 0. The monoisotopic (exact) mass is 662 g/mol. The molecule has 13 heteroatoms. The van der Waals surface area contributed by atoms with Gasteiger partial charge in [0, 0.05) is 32.3 Å². The molecule has 0 saturated heterocycles. The maximum Gasteiger partial charge on any atom is 0.416 e. The quantitative estimate of drug-likeness (QED) is 0.197. The lowest BCUT2D eigenvalue weighted by molar-refractivity contribution is -0.138. The third-order valence-electron chi connectivity index (χ3n) is 5.46. The molecule has 0 aliphatic carbocycles. The summed E-state index contributed by atoms with van der Waals surface area (Å²) in [7, 11) is 0. The normalized spacial score (nSPS) is 12.1. The molecule has 4 rings (SSSR count). The van der Waals surface area contributed by atoms with E-state index in [9.17, 15) is 26.3 Å². The summed E-state index contributed by atoms with van der Waals surface area (Å²) in [4.78, 5) is 0. The third kappa shape index (κ3) is 6.19. The van der Waals surface area contributed by atoms with Gasteiger partial charge in [-0.3, -0.25) is 0 Å². The van der Waals surface area contributed by atoms with Gasteiger partial charge in [-0.2, -0.15) is 26.3 Å². The molecule has 4 aromatic carbocycles. The van der Waals surface area contributed by atoms with Crippen LogP contribution >= 0.6 is 69.6 Å². The fourth-order valence-corrected chi connectivity index (χ4v) is 5.03. The summed E-state index contributed by atoms with van der Waals surface area (Å²) < 4.78 is 85.2. The minimum absolute atomic E-state index is 0.00580. The molecular formula is C26H10Cl6F6O. The van der Waals surface area contributed by atoms with Crippen molar-refractivity contribution < 1.29 is 31.1 Å². The van der Waals surface area contributed by atoms with Crippen molar-refractivity contribution >= 4 is 69.6 Å². The van der Waals surface area contributed by atoms with Crippen molar-refractivity contribution in [2.24, 2.45) is 0 Å². The Balaban J connectivity index is 1.89. The Hall–Kier alpha value is -2.00. The van der Waals surface area contributed by atoms with Gasteiger partial charge in [-0.25, -0.2) is 0 Å². The first-order valence-corrected chi connectivity index (χ1v) is 12.7. The van der Waals surface area contributed by atoms with Gasteiger partial charge in [-0.15, -0.1) is 0 Å². The van der Waals surface area contributed by atoms with Gasteiger partial charge in [0.2, 0.25) is 0 Å². The number of halogens is 12. The van der Waals surface area contributed by atoms with Crippen LogP contribution in [-0.4, -0.2) is 0 Å². The zero-order chi connectivity index (χ0) is 28.9. The van der Waals surface area contributed by atoms with Gasteiger partial charge in [0.25, 0.3) is 0 Å². The van der Waals surface area contributed by atoms with Gasteiger partial charge in [0.05, 0.1) is 31.2 Å². The Morgan fingerprint density at radius 1 is 0.462 bits per heavy atom. The van der Waals surface area contributed by atoms with E-state index in [0.29, 0.717) is 0 Å². The summed E-state index contributed by atoms with van der Waals surface area (Å²) in [5.41, 5.74) is -1.72. The molecule has 0 heterocycles. The smallest absolute Gasteiger partial charge is 0.416 e. The first kappa shape index (κ1) is 30.0. The average Bonchev–Trinajstić information content (AvgIpc) is 2.84. The molecule has 0 fully saturated rings. The Morgan fingerprint density at radius 3 is 1.13 bits per heavy atom. The van der Waals surface area contributed by atoms with Gasteiger partial charge in [0.15, 0.2) is 0 Å². The van der Waals surface area contributed by atoms with Crippen molar-refractivity contribution in [2.75, 3.05) is 0 Å². The number of hydrogen-bond donors (Lipinski definition) is 0. The largest absolute Gasteiger partial charge is 0.456 e. The standard InChI is InChI=1S/C26H10Cl6F6O/c27-15-5-7-19(21(23(15)31)13-3-1-11(9-17(13)29)25(33,34)35)39-20-8-6-16(28)24(32)22(20)14-4-2-12(10-18(14)30)26(36,37)38/h1-10H. The highest BCUT2D eigenvalue weighted by atomic mass is 35.5. The molecule has 0 aliphatic rings. The molecule has 0 atom stereocenters.